The van der Waals surface area contributed by atoms with Crippen LogP contribution in [0.4, 0.5) is 10.6 Å². The fourth-order valence-corrected chi connectivity index (χ4v) is 6.10. The molecule has 0 aliphatic carbocycles. The number of aromatic nitrogens is 2. The second-order valence-corrected chi connectivity index (χ2v) is 13.2. The number of rotatable bonds is 16. The van der Waals surface area contributed by atoms with E-state index in [0.29, 0.717) is 24.5 Å². The van der Waals surface area contributed by atoms with Gasteiger partial charge in [0.15, 0.2) is 11.9 Å². The third-order valence-electron chi connectivity index (χ3n) is 8.40. The summed E-state index contributed by atoms with van der Waals surface area (Å²) in [6, 6.07) is 9.03. The number of unbranched alkanes of at least 4 members (excludes halogenated alkanes) is 1. The molecule has 3 heterocycles. The molecule has 3 atom stereocenters. The molecular weight excluding hydrogens is 711 g/mol. The highest BCUT2D eigenvalue weighted by Gasteiger charge is 2.34. The van der Waals surface area contributed by atoms with Crippen LogP contribution >= 0.6 is 8.00 Å². The zero-order chi connectivity index (χ0) is 38.3. The molecule has 3 amide bonds. The van der Waals surface area contributed by atoms with Gasteiger partial charge in [-0.2, -0.15) is 0 Å². The first-order valence-corrected chi connectivity index (χ1v) is 18.9. The van der Waals surface area contributed by atoms with Crippen LogP contribution in [0.2, 0.25) is 0 Å². The van der Waals surface area contributed by atoms with E-state index >= 15 is 0 Å². The van der Waals surface area contributed by atoms with E-state index in [0.717, 1.165) is 25.1 Å². The summed E-state index contributed by atoms with van der Waals surface area (Å²) in [4.78, 5) is 91.9. The van der Waals surface area contributed by atoms with Gasteiger partial charge in [0.1, 0.15) is 17.3 Å². The van der Waals surface area contributed by atoms with Crippen molar-refractivity contribution < 1.29 is 52.3 Å². The number of carbonyl (C=O) groups is 5. The zero-order valence-electron chi connectivity index (χ0n) is 30.4. The quantitative estimate of drug-likeness (QED) is 0.113. The molecule has 18 heteroatoms. The molecule has 2 aliphatic heterocycles. The van der Waals surface area contributed by atoms with Crippen LogP contribution in [-0.4, -0.2) is 127 Å². The number of nitrogens with one attached hydrogen (secondary N) is 1. The average Bonchev–Trinajstić information content (AvgIpc) is 3.67. The van der Waals surface area contributed by atoms with Gasteiger partial charge in [-0.25, -0.2) is 14.8 Å². The van der Waals surface area contributed by atoms with Gasteiger partial charge in [0.25, 0.3) is 11.8 Å². The summed E-state index contributed by atoms with van der Waals surface area (Å²) in [7, 11) is -1.37. The number of hydrogen-bond acceptors (Lipinski definition) is 14. The highest BCUT2D eigenvalue weighted by molar-refractivity contribution is 7.45. The molecule has 0 radical (unpaired) electrons. The number of piperazine rings is 1. The van der Waals surface area contributed by atoms with Crippen molar-refractivity contribution >= 4 is 49.5 Å². The van der Waals surface area contributed by atoms with E-state index in [-0.39, 0.29) is 63.2 Å². The minimum atomic E-state index is -3.01. The predicted molar refractivity (Wildman–Crippen MR) is 191 cm³/mol. The van der Waals surface area contributed by atoms with Gasteiger partial charge in [-0.05, 0) is 12.8 Å². The van der Waals surface area contributed by atoms with Crippen LogP contribution in [0.1, 0.15) is 63.4 Å². The Labute approximate surface area is 309 Å². The Morgan fingerprint density at radius 1 is 0.962 bits per heavy atom. The van der Waals surface area contributed by atoms with Gasteiger partial charge in [-0.15, -0.1) is 0 Å². The van der Waals surface area contributed by atoms with Gasteiger partial charge >= 0.3 is 24.5 Å². The van der Waals surface area contributed by atoms with Crippen molar-refractivity contribution in [2.45, 2.75) is 71.5 Å². The van der Waals surface area contributed by atoms with Gasteiger partial charge < -0.3 is 43.9 Å². The van der Waals surface area contributed by atoms with Crippen molar-refractivity contribution in [2.24, 2.45) is 0 Å². The molecule has 288 valence electrons. The second-order valence-electron chi connectivity index (χ2n) is 12.1. The molecule has 2 aliphatic rings. The number of methoxy groups -OCH3 is 1. The van der Waals surface area contributed by atoms with E-state index in [4.69, 9.17) is 28.5 Å². The van der Waals surface area contributed by atoms with E-state index < -0.39 is 50.4 Å². The first kappa shape index (κ1) is 41.1. The molecule has 1 unspecified atom stereocenters. The average molecular weight is 759 g/mol. The van der Waals surface area contributed by atoms with Crippen molar-refractivity contribution in [2.75, 3.05) is 57.9 Å². The van der Waals surface area contributed by atoms with Crippen LogP contribution in [-0.2, 0) is 37.9 Å². The lowest BCUT2D eigenvalue weighted by molar-refractivity contribution is -0.253. The maximum atomic E-state index is 14.0. The lowest BCUT2D eigenvalue weighted by atomic mass is 10.2. The minimum Gasteiger partial charge on any atom is -0.603 e. The summed E-state index contributed by atoms with van der Waals surface area (Å²) in [6.45, 7) is 4.99. The molecule has 1 aromatic carbocycles. The van der Waals surface area contributed by atoms with Gasteiger partial charge in [-0.3, -0.25) is 19.2 Å². The number of nitrogens with zero attached hydrogens (tertiary/aromatic N) is 5. The van der Waals surface area contributed by atoms with Crippen molar-refractivity contribution in [3.8, 4) is 11.4 Å². The van der Waals surface area contributed by atoms with E-state index in [9.17, 15) is 28.9 Å². The van der Waals surface area contributed by atoms with Crippen LogP contribution in [0.15, 0.2) is 36.4 Å². The Morgan fingerprint density at radius 2 is 1.62 bits per heavy atom. The SMILES string of the molecule is CCCCOC(=O)N1CCN(C(=O)[C@H](/C=[P+](\[O-])OC(OC(=O)CC)OC(=O)CC)NC(=O)c2cc(N3CC[C@H](OC)C3)nc(-c3ccccc3)n2)CC1. The molecule has 2 saturated heterocycles. The van der Waals surface area contributed by atoms with Crippen LogP contribution in [0, 0.1) is 0 Å². The Morgan fingerprint density at radius 3 is 2.23 bits per heavy atom. The predicted octanol–water partition coefficient (Wildman–Crippen LogP) is 2.23. The number of esters is 2. The molecule has 1 aromatic heterocycles. The van der Waals surface area contributed by atoms with Crippen molar-refractivity contribution in [3.63, 3.8) is 0 Å². The summed E-state index contributed by atoms with van der Waals surface area (Å²) in [6.07, 6.45) is 1.66. The normalized spacial score (nSPS) is 16.7. The van der Waals surface area contributed by atoms with Crippen LogP contribution < -0.4 is 15.1 Å². The van der Waals surface area contributed by atoms with Crippen molar-refractivity contribution in [1.82, 2.24) is 25.1 Å². The number of carbonyl (C=O) groups excluding carboxylic acids is 5. The Bertz CT molecular complexity index is 1590. The van der Waals surface area contributed by atoms with Gasteiger partial charge in [0.2, 0.25) is 8.00 Å². The van der Waals surface area contributed by atoms with Crippen LogP contribution in [0.5, 0.6) is 0 Å². The zero-order valence-corrected chi connectivity index (χ0v) is 31.3. The molecule has 2 fully saturated rings. The molecule has 53 heavy (non-hydrogen) atoms. The molecule has 0 spiro atoms. The lowest BCUT2D eigenvalue weighted by Gasteiger charge is -2.35. The minimum absolute atomic E-state index is 0.0222. The third-order valence-corrected chi connectivity index (χ3v) is 9.32. The molecular formula is C35H47N6O11P. The molecule has 2 aromatic rings. The van der Waals surface area contributed by atoms with Crippen molar-refractivity contribution in [1.29, 1.82) is 0 Å². The largest absolute Gasteiger partial charge is 0.603 e. The van der Waals surface area contributed by atoms with E-state index in [1.54, 1.807) is 19.2 Å². The van der Waals surface area contributed by atoms with Crippen molar-refractivity contribution in [3.05, 3.63) is 42.1 Å². The molecule has 17 nitrogen and oxygen atoms in total. The van der Waals surface area contributed by atoms with E-state index in [1.165, 1.54) is 29.7 Å². The number of anilines is 1. The highest BCUT2D eigenvalue weighted by Crippen LogP contribution is 2.25. The van der Waals surface area contributed by atoms with Crippen LogP contribution in [0.25, 0.3) is 11.4 Å². The molecule has 0 saturated carbocycles. The van der Waals surface area contributed by atoms with Gasteiger partial charge in [0, 0.05) is 70.8 Å². The number of benzene rings is 1. The monoisotopic (exact) mass is 758 g/mol. The standard InChI is InChI=1S/C35H47N6O11P/c1-5-8-20-49-34(46)40-18-16-39(17-19-40)33(45)27(23-53(47)52-35(50-29(42)6-2)51-30(43)7-3)37-32(44)26-21-28(41-15-14-25(22-41)48-4)38-31(36-26)24-12-10-9-11-13-24/h9-13,21,23,25,27,35H,5-8,14-20,22H2,1-4H3,(H,37,44)/t25-,27-/m0/s1. The lowest BCUT2D eigenvalue weighted by Crippen LogP contribution is -2.56. The summed E-state index contributed by atoms with van der Waals surface area (Å²) in [5, 5.41) is 2.62. The fourth-order valence-electron chi connectivity index (χ4n) is 5.33. The summed E-state index contributed by atoms with van der Waals surface area (Å²) in [5.41, 5.74) is 0.588. The fraction of sp³-hybridized carbons (Fsp3) is 0.543. The van der Waals surface area contributed by atoms with E-state index in [2.05, 4.69) is 10.3 Å². The summed E-state index contributed by atoms with van der Waals surface area (Å²) in [5.74, 6) is -1.35. The third kappa shape index (κ3) is 12.2. The second kappa shape index (κ2) is 20.5. The topological polar surface area (TPSA) is 202 Å². The molecule has 1 N–H and O–H groups in total. The smallest absolute Gasteiger partial charge is 0.409 e. The first-order valence-electron chi connectivity index (χ1n) is 17.7. The summed E-state index contributed by atoms with van der Waals surface area (Å²) >= 11 is 0. The highest BCUT2D eigenvalue weighted by atomic mass is 31.1. The van der Waals surface area contributed by atoms with Crippen LogP contribution in [0.3, 0.4) is 0 Å². The molecule has 4 rings (SSSR count). The van der Waals surface area contributed by atoms with Gasteiger partial charge in [-0.1, -0.05) is 62.0 Å². The Kier molecular flexibility index (Phi) is 15.9. The molecule has 0 bridgehead atoms. The van der Waals surface area contributed by atoms with E-state index in [1.807, 2.05) is 30.0 Å². The Hall–Kier alpha value is -4.70. The van der Waals surface area contributed by atoms with Gasteiger partial charge in [0.05, 0.1) is 12.7 Å². The first-order chi connectivity index (χ1) is 25.5. The maximum Gasteiger partial charge on any atom is 0.409 e. The number of amides is 3. The number of ether oxygens (including phenoxy) is 4. The number of hydrogen-bond donors (Lipinski definition) is 1. The maximum absolute atomic E-state index is 14.0. The Balaban J connectivity index is 1.62. The summed E-state index contributed by atoms with van der Waals surface area (Å²) < 4.78 is 26.0.